The van der Waals surface area contributed by atoms with E-state index in [1.807, 2.05) is 0 Å². The minimum Gasteiger partial charge on any atom is -0.481 e. The van der Waals surface area contributed by atoms with Crippen molar-refractivity contribution in [3.05, 3.63) is 57.5 Å². The van der Waals surface area contributed by atoms with Crippen LogP contribution < -0.4 is 10.1 Å². The molecule has 3 nitrogen and oxygen atoms in total. The van der Waals surface area contributed by atoms with Gasteiger partial charge in [0.2, 0.25) is 0 Å². The topological polar surface area (TPSA) is 38.3 Å². The lowest BCUT2D eigenvalue weighted by Crippen LogP contribution is -2.30. The second-order valence-electron chi connectivity index (χ2n) is 4.36. The Hall–Kier alpha value is -1.42. The average molecular weight is 345 g/mol. The van der Waals surface area contributed by atoms with E-state index < -0.39 is 6.10 Å². The van der Waals surface area contributed by atoms with Gasteiger partial charge in [0.05, 0.1) is 0 Å². The van der Waals surface area contributed by atoms with Crippen molar-refractivity contribution >= 4 is 46.4 Å². The van der Waals surface area contributed by atoms with Crippen LogP contribution >= 0.6 is 34.8 Å². The van der Waals surface area contributed by atoms with Gasteiger partial charge in [-0.15, -0.1) is 0 Å². The van der Waals surface area contributed by atoms with Gasteiger partial charge in [-0.3, -0.25) is 4.79 Å². The fourth-order valence-electron chi connectivity index (χ4n) is 1.67. The maximum atomic E-state index is 12.1. The Morgan fingerprint density at radius 2 is 1.71 bits per heavy atom. The highest BCUT2D eigenvalue weighted by Crippen LogP contribution is 2.23. The first-order chi connectivity index (χ1) is 9.94. The third-order valence-corrected chi connectivity index (χ3v) is 3.28. The maximum Gasteiger partial charge on any atom is 0.265 e. The molecule has 0 fully saturated rings. The molecule has 0 radical (unpaired) electrons. The molecule has 0 aliphatic rings. The van der Waals surface area contributed by atoms with E-state index in [1.54, 1.807) is 49.4 Å². The van der Waals surface area contributed by atoms with Crippen LogP contribution in [-0.4, -0.2) is 12.0 Å². The summed E-state index contributed by atoms with van der Waals surface area (Å²) in [6, 6.07) is 11.7. The van der Waals surface area contributed by atoms with Crippen molar-refractivity contribution in [2.75, 3.05) is 5.32 Å². The van der Waals surface area contributed by atoms with Crippen LogP contribution in [0.2, 0.25) is 15.1 Å². The van der Waals surface area contributed by atoms with E-state index in [-0.39, 0.29) is 5.91 Å². The third kappa shape index (κ3) is 4.81. The van der Waals surface area contributed by atoms with Gasteiger partial charge in [0.1, 0.15) is 5.75 Å². The van der Waals surface area contributed by atoms with Crippen LogP contribution in [0.3, 0.4) is 0 Å². The van der Waals surface area contributed by atoms with E-state index in [0.717, 1.165) is 0 Å². The first-order valence-corrected chi connectivity index (χ1v) is 7.26. The zero-order valence-corrected chi connectivity index (χ0v) is 13.3. The molecule has 0 aliphatic heterocycles. The molecule has 0 unspecified atom stereocenters. The monoisotopic (exact) mass is 343 g/mol. The fourth-order valence-corrected chi connectivity index (χ4v) is 2.37. The number of amides is 1. The summed E-state index contributed by atoms with van der Waals surface area (Å²) in [6.45, 7) is 1.64. The molecule has 2 aromatic carbocycles. The highest BCUT2D eigenvalue weighted by molar-refractivity contribution is 6.35. The van der Waals surface area contributed by atoms with E-state index in [9.17, 15) is 4.79 Å². The summed E-state index contributed by atoms with van der Waals surface area (Å²) >= 11 is 17.6. The van der Waals surface area contributed by atoms with Crippen molar-refractivity contribution in [1.29, 1.82) is 0 Å². The van der Waals surface area contributed by atoms with Crippen LogP contribution in [-0.2, 0) is 4.79 Å². The molecule has 0 bridgehead atoms. The molecule has 0 aliphatic carbocycles. The van der Waals surface area contributed by atoms with Gasteiger partial charge in [-0.1, -0.05) is 40.9 Å². The van der Waals surface area contributed by atoms with Crippen LogP contribution in [0.4, 0.5) is 5.69 Å². The molecular formula is C15H12Cl3NO2. The molecule has 0 spiro atoms. The van der Waals surface area contributed by atoms with Crippen LogP contribution in [0.15, 0.2) is 42.5 Å². The number of carbonyl (C=O) groups excluding carboxylic acids is 1. The van der Waals surface area contributed by atoms with E-state index in [2.05, 4.69) is 5.32 Å². The SMILES string of the molecule is C[C@@H](Oc1cccc(Cl)c1)C(=O)Nc1cc(Cl)cc(Cl)c1. The van der Waals surface area contributed by atoms with Gasteiger partial charge >= 0.3 is 0 Å². The molecule has 1 atom stereocenters. The van der Waals surface area contributed by atoms with E-state index in [4.69, 9.17) is 39.5 Å². The van der Waals surface area contributed by atoms with Gasteiger partial charge in [-0.2, -0.15) is 0 Å². The lowest BCUT2D eigenvalue weighted by Gasteiger charge is -2.15. The number of hydrogen-bond donors (Lipinski definition) is 1. The van der Waals surface area contributed by atoms with Crippen molar-refractivity contribution in [2.45, 2.75) is 13.0 Å². The van der Waals surface area contributed by atoms with E-state index in [1.165, 1.54) is 0 Å². The lowest BCUT2D eigenvalue weighted by atomic mass is 10.3. The number of benzene rings is 2. The first-order valence-electron chi connectivity index (χ1n) is 6.13. The minimum absolute atomic E-state index is 0.312. The number of hydrogen-bond acceptors (Lipinski definition) is 2. The molecule has 0 heterocycles. The lowest BCUT2D eigenvalue weighted by molar-refractivity contribution is -0.122. The predicted octanol–water partition coefficient (Wildman–Crippen LogP) is 5.05. The molecule has 6 heteroatoms. The van der Waals surface area contributed by atoms with Crippen LogP contribution in [0.5, 0.6) is 5.75 Å². The standard InChI is InChI=1S/C15H12Cl3NO2/c1-9(21-14-4-2-3-10(16)8-14)15(20)19-13-6-11(17)5-12(18)7-13/h2-9H,1H3,(H,19,20)/t9-/m1/s1. The molecule has 2 rings (SSSR count). The molecule has 2 aromatic rings. The molecule has 21 heavy (non-hydrogen) atoms. The minimum atomic E-state index is -0.693. The predicted molar refractivity (Wildman–Crippen MR) is 86.6 cm³/mol. The third-order valence-electron chi connectivity index (χ3n) is 2.61. The van der Waals surface area contributed by atoms with Crippen molar-refractivity contribution in [3.8, 4) is 5.75 Å². The number of halogens is 3. The smallest absolute Gasteiger partial charge is 0.265 e. The number of rotatable bonds is 4. The first kappa shape index (κ1) is 16.0. The van der Waals surface area contributed by atoms with Gasteiger partial charge < -0.3 is 10.1 Å². The summed E-state index contributed by atoms with van der Waals surface area (Å²) in [6.07, 6.45) is -0.693. The Morgan fingerprint density at radius 1 is 1.05 bits per heavy atom. The average Bonchev–Trinajstić information content (AvgIpc) is 2.37. The molecule has 0 saturated heterocycles. The molecule has 0 saturated carbocycles. The van der Waals surface area contributed by atoms with E-state index in [0.29, 0.717) is 26.5 Å². The number of ether oxygens (including phenoxy) is 1. The van der Waals surface area contributed by atoms with Gasteiger partial charge in [0.25, 0.3) is 5.91 Å². The summed E-state index contributed by atoms with van der Waals surface area (Å²) in [4.78, 5) is 12.1. The Balaban J connectivity index is 2.02. The van der Waals surface area contributed by atoms with Gasteiger partial charge in [0, 0.05) is 20.8 Å². The molecule has 1 N–H and O–H groups in total. The number of carbonyl (C=O) groups is 1. The molecule has 1 amide bonds. The van der Waals surface area contributed by atoms with Gasteiger partial charge in [-0.05, 0) is 43.3 Å². The van der Waals surface area contributed by atoms with Crippen molar-refractivity contribution in [1.82, 2.24) is 0 Å². The van der Waals surface area contributed by atoms with Crippen molar-refractivity contribution in [3.63, 3.8) is 0 Å². The fraction of sp³-hybridized carbons (Fsp3) is 0.133. The Kier molecular flexibility index (Phi) is 5.34. The number of nitrogens with one attached hydrogen (secondary N) is 1. The second-order valence-corrected chi connectivity index (χ2v) is 5.67. The molecular weight excluding hydrogens is 333 g/mol. The summed E-state index contributed by atoms with van der Waals surface area (Å²) in [5.41, 5.74) is 0.513. The normalized spacial score (nSPS) is 11.8. The van der Waals surface area contributed by atoms with Crippen LogP contribution in [0.25, 0.3) is 0 Å². The van der Waals surface area contributed by atoms with Crippen molar-refractivity contribution < 1.29 is 9.53 Å². The quantitative estimate of drug-likeness (QED) is 0.842. The number of anilines is 1. The zero-order chi connectivity index (χ0) is 15.4. The molecule has 110 valence electrons. The van der Waals surface area contributed by atoms with E-state index >= 15 is 0 Å². The summed E-state index contributed by atoms with van der Waals surface area (Å²) < 4.78 is 5.53. The van der Waals surface area contributed by atoms with Gasteiger partial charge in [0.15, 0.2) is 6.10 Å². The maximum absolute atomic E-state index is 12.1. The summed E-state index contributed by atoms with van der Waals surface area (Å²) in [5, 5.41) is 4.13. The van der Waals surface area contributed by atoms with Crippen LogP contribution in [0, 0.1) is 0 Å². The van der Waals surface area contributed by atoms with Gasteiger partial charge in [-0.25, -0.2) is 0 Å². The summed E-state index contributed by atoms with van der Waals surface area (Å²) in [5.74, 6) is 0.211. The highest BCUT2D eigenvalue weighted by Gasteiger charge is 2.15. The Morgan fingerprint density at radius 3 is 2.33 bits per heavy atom. The molecule has 0 aromatic heterocycles. The Bertz CT molecular complexity index is 641. The highest BCUT2D eigenvalue weighted by atomic mass is 35.5. The second kappa shape index (κ2) is 7.03. The summed E-state index contributed by atoms with van der Waals surface area (Å²) in [7, 11) is 0. The van der Waals surface area contributed by atoms with Crippen molar-refractivity contribution in [2.24, 2.45) is 0 Å². The van der Waals surface area contributed by atoms with Crippen LogP contribution in [0.1, 0.15) is 6.92 Å². The largest absolute Gasteiger partial charge is 0.481 e. The zero-order valence-electron chi connectivity index (χ0n) is 11.1. The Labute approximate surface area is 137 Å².